The lowest BCUT2D eigenvalue weighted by Gasteiger charge is -2.33. The van der Waals surface area contributed by atoms with E-state index in [2.05, 4.69) is 5.32 Å². The highest BCUT2D eigenvalue weighted by Crippen LogP contribution is 2.20. The second-order valence-electron chi connectivity index (χ2n) is 6.26. The molecule has 9 heteroatoms. The quantitative estimate of drug-likeness (QED) is 0.776. The van der Waals surface area contributed by atoms with E-state index in [9.17, 15) is 14.4 Å². The number of hydrogen-bond donors (Lipinski definition) is 1. The molecule has 144 valence electrons. The van der Waals surface area contributed by atoms with Gasteiger partial charge >= 0.3 is 11.8 Å². The molecular weight excluding hydrogens is 384 g/mol. The molecule has 3 rings (SSSR count). The van der Waals surface area contributed by atoms with Gasteiger partial charge in [0.25, 0.3) is 5.91 Å². The molecule has 0 aliphatic carbocycles. The molecule has 0 bridgehead atoms. The van der Waals surface area contributed by atoms with Crippen LogP contribution in [0.1, 0.15) is 21.9 Å². The molecule has 0 unspecified atom stereocenters. The SMILES string of the molecule is Cc1ccc(C(=O)N2CCN(C(=O)C(=O)Nc3ccc(C#N)c(Cl)c3)CC2)o1. The predicted octanol–water partition coefficient (Wildman–Crippen LogP) is 2.04. The van der Waals surface area contributed by atoms with E-state index in [0.717, 1.165) is 0 Å². The Morgan fingerprint density at radius 2 is 1.79 bits per heavy atom. The van der Waals surface area contributed by atoms with Crippen molar-refractivity contribution in [3.8, 4) is 6.07 Å². The van der Waals surface area contributed by atoms with E-state index in [1.807, 2.05) is 6.07 Å². The number of nitriles is 1. The Morgan fingerprint density at radius 3 is 2.36 bits per heavy atom. The van der Waals surface area contributed by atoms with Gasteiger partial charge in [0.05, 0.1) is 10.6 Å². The lowest BCUT2D eigenvalue weighted by molar-refractivity contribution is -0.144. The summed E-state index contributed by atoms with van der Waals surface area (Å²) in [5, 5.41) is 11.5. The fraction of sp³-hybridized carbons (Fsp3) is 0.263. The summed E-state index contributed by atoms with van der Waals surface area (Å²) >= 11 is 5.92. The molecule has 0 saturated carbocycles. The van der Waals surface area contributed by atoms with Gasteiger partial charge in [-0.15, -0.1) is 0 Å². The number of amides is 3. The van der Waals surface area contributed by atoms with Gasteiger partial charge in [-0.3, -0.25) is 14.4 Å². The number of halogens is 1. The van der Waals surface area contributed by atoms with E-state index in [1.54, 1.807) is 24.0 Å². The lowest BCUT2D eigenvalue weighted by atomic mass is 10.2. The second-order valence-corrected chi connectivity index (χ2v) is 6.66. The maximum Gasteiger partial charge on any atom is 0.313 e. The Kier molecular flexibility index (Phi) is 5.66. The number of rotatable bonds is 2. The molecule has 8 nitrogen and oxygen atoms in total. The van der Waals surface area contributed by atoms with E-state index >= 15 is 0 Å². The van der Waals surface area contributed by atoms with E-state index in [0.29, 0.717) is 24.5 Å². The van der Waals surface area contributed by atoms with Crippen LogP contribution in [-0.4, -0.2) is 53.7 Å². The summed E-state index contributed by atoms with van der Waals surface area (Å²) in [4.78, 5) is 39.9. The molecule has 2 aromatic rings. The smallest absolute Gasteiger partial charge is 0.313 e. The zero-order chi connectivity index (χ0) is 20.3. The number of benzene rings is 1. The van der Waals surface area contributed by atoms with Crippen LogP contribution in [0.5, 0.6) is 0 Å². The average Bonchev–Trinajstić information content (AvgIpc) is 3.13. The Labute approximate surface area is 166 Å². The summed E-state index contributed by atoms with van der Waals surface area (Å²) in [5.74, 6) is -0.829. The number of carbonyl (C=O) groups is 3. The molecule has 28 heavy (non-hydrogen) atoms. The van der Waals surface area contributed by atoms with Crippen molar-refractivity contribution < 1.29 is 18.8 Å². The number of aryl methyl sites for hydroxylation is 1. The first-order chi connectivity index (χ1) is 13.4. The van der Waals surface area contributed by atoms with Crippen LogP contribution in [0.15, 0.2) is 34.7 Å². The standard InChI is InChI=1S/C19H17ClN4O4/c1-12-2-5-16(28-12)18(26)23-6-8-24(9-7-23)19(27)17(25)22-14-4-3-13(11-21)15(20)10-14/h2-5,10H,6-9H2,1H3,(H,22,25). The molecule has 0 atom stereocenters. The van der Waals surface area contributed by atoms with Crippen LogP contribution >= 0.6 is 11.6 Å². The first kappa shape index (κ1) is 19.5. The van der Waals surface area contributed by atoms with E-state index in [4.69, 9.17) is 21.3 Å². The van der Waals surface area contributed by atoms with Gasteiger partial charge in [-0.05, 0) is 37.3 Å². The number of furan rings is 1. The van der Waals surface area contributed by atoms with Crippen LogP contribution in [0.2, 0.25) is 5.02 Å². The summed E-state index contributed by atoms with van der Waals surface area (Å²) in [6.45, 7) is 2.85. The monoisotopic (exact) mass is 400 g/mol. The molecule has 0 radical (unpaired) electrons. The minimum absolute atomic E-state index is 0.188. The highest BCUT2D eigenvalue weighted by molar-refractivity contribution is 6.39. The first-order valence-electron chi connectivity index (χ1n) is 8.54. The summed E-state index contributed by atoms with van der Waals surface area (Å²) in [6.07, 6.45) is 0. The Hall–Kier alpha value is -3.31. The second kappa shape index (κ2) is 8.15. The number of hydrogen-bond acceptors (Lipinski definition) is 5. The maximum atomic E-state index is 12.4. The van der Waals surface area contributed by atoms with Gasteiger partial charge in [-0.1, -0.05) is 11.6 Å². The van der Waals surface area contributed by atoms with Crippen molar-refractivity contribution >= 4 is 35.0 Å². The molecule has 3 amide bonds. The predicted molar refractivity (Wildman–Crippen MR) is 101 cm³/mol. The molecule has 1 N–H and O–H groups in total. The Bertz CT molecular complexity index is 971. The van der Waals surface area contributed by atoms with Crippen LogP contribution in [0.4, 0.5) is 5.69 Å². The van der Waals surface area contributed by atoms with Crippen molar-refractivity contribution in [3.63, 3.8) is 0 Å². The molecule has 1 aromatic carbocycles. The largest absolute Gasteiger partial charge is 0.456 e. The molecule has 0 spiro atoms. The molecular formula is C19H17ClN4O4. The summed E-state index contributed by atoms with van der Waals surface area (Å²) in [5.41, 5.74) is 0.600. The third-order valence-electron chi connectivity index (χ3n) is 4.35. The zero-order valence-corrected chi connectivity index (χ0v) is 15.8. The van der Waals surface area contributed by atoms with Crippen LogP contribution < -0.4 is 5.32 Å². The van der Waals surface area contributed by atoms with Crippen LogP contribution in [0, 0.1) is 18.3 Å². The van der Waals surface area contributed by atoms with E-state index in [1.165, 1.54) is 23.1 Å². The van der Waals surface area contributed by atoms with Crippen molar-refractivity contribution in [1.29, 1.82) is 5.26 Å². The van der Waals surface area contributed by atoms with Crippen LogP contribution in [-0.2, 0) is 9.59 Å². The highest BCUT2D eigenvalue weighted by Gasteiger charge is 2.29. The minimum atomic E-state index is -0.804. The van der Waals surface area contributed by atoms with Crippen molar-refractivity contribution in [1.82, 2.24) is 9.80 Å². The van der Waals surface area contributed by atoms with Gasteiger partial charge in [0.15, 0.2) is 5.76 Å². The fourth-order valence-electron chi connectivity index (χ4n) is 2.83. The Morgan fingerprint density at radius 1 is 1.11 bits per heavy atom. The number of anilines is 1. The Balaban J connectivity index is 1.56. The van der Waals surface area contributed by atoms with Gasteiger partial charge in [-0.25, -0.2) is 0 Å². The van der Waals surface area contributed by atoms with Gasteiger partial charge < -0.3 is 19.5 Å². The fourth-order valence-corrected chi connectivity index (χ4v) is 3.05. The molecule has 1 aromatic heterocycles. The van der Waals surface area contributed by atoms with Gasteiger partial charge in [0.1, 0.15) is 11.8 Å². The average molecular weight is 401 g/mol. The molecule has 1 aliphatic rings. The number of nitrogens with zero attached hydrogens (tertiary/aromatic N) is 3. The van der Waals surface area contributed by atoms with Gasteiger partial charge in [0, 0.05) is 31.9 Å². The van der Waals surface area contributed by atoms with Crippen molar-refractivity contribution in [2.24, 2.45) is 0 Å². The highest BCUT2D eigenvalue weighted by atomic mass is 35.5. The lowest BCUT2D eigenvalue weighted by Crippen LogP contribution is -2.52. The topological polar surface area (TPSA) is 107 Å². The number of carbonyl (C=O) groups excluding carboxylic acids is 3. The van der Waals surface area contributed by atoms with Gasteiger partial charge in [-0.2, -0.15) is 5.26 Å². The van der Waals surface area contributed by atoms with Crippen molar-refractivity contribution in [2.75, 3.05) is 31.5 Å². The van der Waals surface area contributed by atoms with Crippen LogP contribution in [0.3, 0.4) is 0 Å². The third kappa shape index (κ3) is 4.15. The van der Waals surface area contributed by atoms with E-state index in [-0.39, 0.29) is 35.3 Å². The van der Waals surface area contributed by atoms with Crippen molar-refractivity contribution in [3.05, 3.63) is 52.4 Å². The minimum Gasteiger partial charge on any atom is -0.456 e. The molecule has 1 fully saturated rings. The maximum absolute atomic E-state index is 12.4. The first-order valence-corrected chi connectivity index (χ1v) is 8.92. The zero-order valence-electron chi connectivity index (χ0n) is 15.1. The van der Waals surface area contributed by atoms with Gasteiger partial charge in [0.2, 0.25) is 0 Å². The number of nitrogens with one attached hydrogen (secondary N) is 1. The molecule has 1 aliphatic heterocycles. The number of piperazine rings is 1. The van der Waals surface area contributed by atoms with E-state index < -0.39 is 11.8 Å². The normalized spacial score (nSPS) is 13.8. The summed E-state index contributed by atoms with van der Waals surface area (Å²) < 4.78 is 5.34. The third-order valence-corrected chi connectivity index (χ3v) is 4.66. The summed E-state index contributed by atoms with van der Waals surface area (Å²) in [6, 6.07) is 9.62. The molecule has 1 saturated heterocycles. The van der Waals surface area contributed by atoms with Crippen LogP contribution in [0.25, 0.3) is 0 Å². The summed E-state index contributed by atoms with van der Waals surface area (Å²) in [7, 11) is 0. The van der Waals surface area contributed by atoms with Crippen molar-refractivity contribution in [2.45, 2.75) is 6.92 Å². The molecule has 2 heterocycles.